The molecule has 1 rings (SSSR count). The van der Waals surface area contributed by atoms with Crippen molar-refractivity contribution in [3.8, 4) is 0 Å². The van der Waals surface area contributed by atoms with E-state index >= 15 is 0 Å². The summed E-state index contributed by atoms with van der Waals surface area (Å²) >= 11 is 0. The molecule has 22 heavy (non-hydrogen) atoms. The number of carbonyl (C=O) groups excluding carboxylic acids is 2. The van der Waals surface area contributed by atoms with Crippen molar-refractivity contribution in [3.63, 3.8) is 0 Å². The molecule has 122 valence electrons. The number of nitrogens with one attached hydrogen (secondary N) is 3. The Morgan fingerprint density at radius 1 is 0.955 bits per heavy atom. The minimum Gasteiger partial charge on any atom is -0.374 e. The van der Waals surface area contributed by atoms with Crippen molar-refractivity contribution < 1.29 is 22.8 Å². The summed E-state index contributed by atoms with van der Waals surface area (Å²) < 4.78 is 39.0. The molecule has 0 aromatic heterocycles. The van der Waals surface area contributed by atoms with E-state index in [1.807, 2.05) is 0 Å². The summed E-state index contributed by atoms with van der Waals surface area (Å²) in [4.78, 5) is 23.0. The van der Waals surface area contributed by atoms with Gasteiger partial charge in [0.1, 0.15) is 5.82 Å². The second-order valence-electron chi connectivity index (χ2n) is 5.67. The molecule has 0 aliphatic carbocycles. The Bertz CT molecular complexity index is 571. The van der Waals surface area contributed by atoms with Crippen LogP contribution in [-0.2, 0) is 9.59 Å². The number of benzene rings is 1. The first-order valence-corrected chi connectivity index (χ1v) is 6.54. The van der Waals surface area contributed by atoms with Gasteiger partial charge < -0.3 is 16.0 Å². The van der Waals surface area contributed by atoms with E-state index in [0.29, 0.717) is 12.1 Å². The van der Waals surface area contributed by atoms with Crippen LogP contribution in [0.4, 0.5) is 18.9 Å². The Morgan fingerprint density at radius 3 is 2.14 bits per heavy atom. The number of amides is 2. The monoisotopic (exact) mass is 317 g/mol. The standard InChI is InChI=1S/C14H18F3N3O2/c1-14(2,3)20-13(22)7-19-12(21)6-18-11-5-9(16)8(15)4-10(11)17/h4-5,18H,6-7H2,1-3H3,(H,19,21)(H,20,22). The zero-order valence-corrected chi connectivity index (χ0v) is 12.5. The topological polar surface area (TPSA) is 70.2 Å². The van der Waals surface area contributed by atoms with E-state index in [4.69, 9.17) is 0 Å². The fourth-order valence-electron chi connectivity index (χ4n) is 1.54. The Balaban J connectivity index is 2.44. The highest BCUT2D eigenvalue weighted by molar-refractivity contribution is 5.87. The highest BCUT2D eigenvalue weighted by Crippen LogP contribution is 2.17. The van der Waals surface area contributed by atoms with E-state index < -0.39 is 28.9 Å². The van der Waals surface area contributed by atoms with Crippen molar-refractivity contribution in [2.75, 3.05) is 18.4 Å². The highest BCUT2D eigenvalue weighted by atomic mass is 19.2. The van der Waals surface area contributed by atoms with Gasteiger partial charge in [-0.15, -0.1) is 0 Å². The molecule has 0 radical (unpaired) electrons. The van der Waals surface area contributed by atoms with Crippen molar-refractivity contribution in [3.05, 3.63) is 29.6 Å². The molecule has 0 saturated carbocycles. The third-order valence-electron chi connectivity index (χ3n) is 2.41. The number of hydrogen-bond donors (Lipinski definition) is 3. The number of anilines is 1. The van der Waals surface area contributed by atoms with E-state index in [2.05, 4.69) is 16.0 Å². The van der Waals surface area contributed by atoms with Gasteiger partial charge in [-0.3, -0.25) is 9.59 Å². The lowest BCUT2D eigenvalue weighted by atomic mass is 10.1. The molecule has 0 atom stereocenters. The average molecular weight is 317 g/mol. The Labute approximate surface area is 126 Å². The molecule has 8 heteroatoms. The molecule has 5 nitrogen and oxygen atoms in total. The van der Waals surface area contributed by atoms with Crippen molar-refractivity contribution >= 4 is 17.5 Å². The lowest BCUT2D eigenvalue weighted by Crippen LogP contribution is -2.46. The Hall–Kier alpha value is -2.25. The molecule has 0 saturated heterocycles. The first-order valence-electron chi connectivity index (χ1n) is 6.54. The van der Waals surface area contributed by atoms with Crippen LogP contribution in [0.25, 0.3) is 0 Å². The number of carbonyl (C=O) groups is 2. The predicted molar refractivity (Wildman–Crippen MR) is 75.7 cm³/mol. The molecule has 1 aromatic carbocycles. The SMILES string of the molecule is CC(C)(C)NC(=O)CNC(=O)CNc1cc(F)c(F)cc1F. The molecular formula is C14H18F3N3O2. The van der Waals surface area contributed by atoms with Crippen LogP contribution in [0, 0.1) is 17.5 Å². The van der Waals surface area contributed by atoms with Crippen LogP contribution in [0.15, 0.2) is 12.1 Å². The summed E-state index contributed by atoms with van der Waals surface area (Å²) in [7, 11) is 0. The van der Waals surface area contributed by atoms with Gasteiger partial charge in [0.15, 0.2) is 11.6 Å². The number of rotatable bonds is 5. The lowest BCUT2D eigenvalue weighted by Gasteiger charge is -2.20. The zero-order valence-electron chi connectivity index (χ0n) is 12.5. The van der Waals surface area contributed by atoms with Gasteiger partial charge in [0.05, 0.1) is 18.8 Å². The zero-order chi connectivity index (χ0) is 16.9. The van der Waals surface area contributed by atoms with Crippen LogP contribution >= 0.6 is 0 Å². The highest BCUT2D eigenvalue weighted by Gasteiger charge is 2.14. The molecule has 0 spiro atoms. The van der Waals surface area contributed by atoms with E-state index in [1.54, 1.807) is 20.8 Å². The van der Waals surface area contributed by atoms with E-state index in [0.717, 1.165) is 0 Å². The van der Waals surface area contributed by atoms with E-state index in [1.165, 1.54) is 0 Å². The molecule has 0 heterocycles. The van der Waals surface area contributed by atoms with Crippen LogP contribution in [0.5, 0.6) is 0 Å². The van der Waals surface area contributed by atoms with Gasteiger partial charge in [0.25, 0.3) is 0 Å². The smallest absolute Gasteiger partial charge is 0.239 e. The van der Waals surface area contributed by atoms with Gasteiger partial charge in [-0.05, 0) is 20.8 Å². The fourth-order valence-corrected chi connectivity index (χ4v) is 1.54. The van der Waals surface area contributed by atoms with Crippen molar-refractivity contribution in [1.82, 2.24) is 10.6 Å². The molecule has 2 amide bonds. The van der Waals surface area contributed by atoms with Crippen LogP contribution < -0.4 is 16.0 Å². The maximum atomic E-state index is 13.3. The molecule has 0 aliphatic rings. The van der Waals surface area contributed by atoms with Gasteiger partial charge in [-0.25, -0.2) is 13.2 Å². The summed E-state index contributed by atoms with van der Waals surface area (Å²) in [5, 5.41) is 7.29. The lowest BCUT2D eigenvalue weighted by molar-refractivity contribution is -0.126. The normalized spacial score (nSPS) is 11.0. The van der Waals surface area contributed by atoms with Crippen LogP contribution in [0.3, 0.4) is 0 Å². The first kappa shape index (κ1) is 17.8. The van der Waals surface area contributed by atoms with Gasteiger partial charge in [0, 0.05) is 17.7 Å². The minimum atomic E-state index is -1.31. The molecule has 1 aromatic rings. The molecule has 0 unspecified atom stereocenters. The maximum Gasteiger partial charge on any atom is 0.239 e. The van der Waals surface area contributed by atoms with Crippen molar-refractivity contribution in [2.24, 2.45) is 0 Å². The summed E-state index contributed by atoms with van der Waals surface area (Å²) in [5.41, 5.74) is -0.761. The van der Waals surface area contributed by atoms with Crippen LogP contribution in [-0.4, -0.2) is 30.4 Å². The van der Waals surface area contributed by atoms with Crippen molar-refractivity contribution in [2.45, 2.75) is 26.3 Å². The largest absolute Gasteiger partial charge is 0.374 e. The van der Waals surface area contributed by atoms with Gasteiger partial charge in [-0.1, -0.05) is 0 Å². The second kappa shape index (κ2) is 7.15. The van der Waals surface area contributed by atoms with Crippen LogP contribution in [0.2, 0.25) is 0 Å². The first-order chi connectivity index (χ1) is 10.1. The summed E-state index contributed by atoms with van der Waals surface area (Å²) in [6.45, 7) is 4.75. The van der Waals surface area contributed by atoms with E-state index in [9.17, 15) is 22.8 Å². The summed E-state index contributed by atoms with van der Waals surface area (Å²) in [6, 6.07) is 0.997. The number of halogens is 3. The average Bonchev–Trinajstić information content (AvgIpc) is 2.37. The quantitative estimate of drug-likeness (QED) is 0.722. The maximum absolute atomic E-state index is 13.3. The van der Waals surface area contributed by atoms with Gasteiger partial charge in [0.2, 0.25) is 11.8 Å². The molecule has 0 bridgehead atoms. The Kier molecular flexibility index (Phi) is 5.78. The van der Waals surface area contributed by atoms with E-state index in [-0.39, 0.29) is 24.7 Å². The second-order valence-corrected chi connectivity index (χ2v) is 5.67. The third-order valence-corrected chi connectivity index (χ3v) is 2.41. The summed E-state index contributed by atoms with van der Waals surface area (Å²) in [5.74, 6) is -4.52. The van der Waals surface area contributed by atoms with Crippen molar-refractivity contribution in [1.29, 1.82) is 0 Å². The van der Waals surface area contributed by atoms with Gasteiger partial charge >= 0.3 is 0 Å². The molecular weight excluding hydrogens is 299 g/mol. The molecule has 0 aliphatic heterocycles. The van der Waals surface area contributed by atoms with Crippen LogP contribution in [0.1, 0.15) is 20.8 Å². The third kappa shape index (κ3) is 6.02. The Morgan fingerprint density at radius 2 is 1.55 bits per heavy atom. The minimum absolute atomic E-state index is 0.238. The molecule has 3 N–H and O–H groups in total. The summed E-state index contributed by atoms with van der Waals surface area (Å²) in [6.07, 6.45) is 0. The predicted octanol–water partition coefficient (Wildman–Crippen LogP) is 1.55. The van der Waals surface area contributed by atoms with Gasteiger partial charge in [-0.2, -0.15) is 0 Å². The number of hydrogen-bond acceptors (Lipinski definition) is 3. The fraction of sp³-hybridized carbons (Fsp3) is 0.429. The molecule has 0 fully saturated rings.